The van der Waals surface area contributed by atoms with Crippen LogP contribution in [0.2, 0.25) is 0 Å². The summed E-state index contributed by atoms with van der Waals surface area (Å²) in [6, 6.07) is 7.79. The predicted octanol–water partition coefficient (Wildman–Crippen LogP) is 1.82. The summed E-state index contributed by atoms with van der Waals surface area (Å²) >= 11 is 0. The minimum absolute atomic E-state index is 0.0792. The van der Waals surface area contributed by atoms with E-state index in [1.54, 1.807) is 7.11 Å². The van der Waals surface area contributed by atoms with Gasteiger partial charge >= 0.3 is 5.97 Å². The number of rotatable bonds is 6. The van der Waals surface area contributed by atoms with Gasteiger partial charge in [-0.1, -0.05) is 18.2 Å². The zero-order valence-electron chi connectivity index (χ0n) is 9.56. The normalized spacial score (nSPS) is 12.1. The van der Waals surface area contributed by atoms with E-state index in [9.17, 15) is 4.79 Å². The molecule has 0 saturated carbocycles. The summed E-state index contributed by atoms with van der Waals surface area (Å²) in [6.07, 6.45) is 0.124. The van der Waals surface area contributed by atoms with Crippen LogP contribution in [0, 0.1) is 0 Å². The number of nitrogens with one attached hydrogen (secondary N) is 1. The number of carbonyl (C=O) groups is 1. The van der Waals surface area contributed by atoms with Crippen LogP contribution in [0.5, 0.6) is 5.75 Å². The molecule has 1 rings (SSSR count). The summed E-state index contributed by atoms with van der Waals surface area (Å²) in [4.78, 5) is 10.4. The second-order valence-electron chi connectivity index (χ2n) is 3.56. The second-order valence-corrected chi connectivity index (χ2v) is 3.56. The molecule has 88 valence electrons. The van der Waals surface area contributed by atoms with E-state index in [0.29, 0.717) is 6.54 Å². The molecule has 2 N–H and O–H groups in total. The smallest absolute Gasteiger partial charge is 0.304 e. The lowest BCUT2D eigenvalue weighted by Crippen LogP contribution is -2.22. The topological polar surface area (TPSA) is 58.6 Å². The molecule has 0 aliphatic carbocycles. The molecule has 0 bridgehead atoms. The molecule has 0 radical (unpaired) electrons. The van der Waals surface area contributed by atoms with Crippen molar-refractivity contribution in [2.24, 2.45) is 0 Å². The van der Waals surface area contributed by atoms with Crippen molar-refractivity contribution < 1.29 is 14.6 Å². The Balaban J connectivity index is 2.58. The highest BCUT2D eigenvalue weighted by Gasteiger charge is 2.10. The van der Waals surface area contributed by atoms with Crippen molar-refractivity contribution in [1.29, 1.82) is 0 Å². The van der Waals surface area contributed by atoms with Crippen LogP contribution in [0.1, 0.15) is 24.9 Å². The first-order valence-electron chi connectivity index (χ1n) is 5.23. The predicted molar refractivity (Wildman–Crippen MR) is 61.7 cm³/mol. The van der Waals surface area contributed by atoms with Crippen LogP contribution in [0.4, 0.5) is 0 Å². The van der Waals surface area contributed by atoms with Gasteiger partial charge in [0.2, 0.25) is 0 Å². The lowest BCUT2D eigenvalue weighted by Gasteiger charge is -2.16. The summed E-state index contributed by atoms with van der Waals surface area (Å²) in [6.45, 7) is 2.44. The second kappa shape index (κ2) is 6.12. The fraction of sp³-hybridized carbons (Fsp3) is 0.417. The molecule has 0 saturated heterocycles. The lowest BCUT2D eigenvalue weighted by molar-refractivity contribution is -0.136. The van der Waals surface area contributed by atoms with Gasteiger partial charge in [-0.25, -0.2) is 0 Å². The molecule has 0 aliphatic heterocycles. The number of benzene rings is 1. The summed E-state index contributed by atoms with van der Waals surface area (Å²) in [5.74, 6) is 0.0255. The monoisotopic (exact) mass is 223 g/mol. The number of ether oxygens (including phenoxy) is 1. The minimum Gasteiger partial charge on any atom is -0.496 e. The molecule has 0 heterocycles. The molecular formula is C12H17NO3. The van der Waals surface area contributed by atoms with E-state index in [0.717, 1.165) is 11.3 Å². The molecule has 0 spiro atoms. The molecule has 1 unspecified atom stereocenters. The van der Waals surface area contributed by atoms with Gasteiger partial charge in [0.1, 0.15) is 5.75 Å². The molecule has 0 aromatic heterocycles. The Morgan fingerprint density at radius 1 is 1.50 bits per heavy atom. The molecule has 4 heteroatoms. The SMILES string of the molecule is COc1ccccc1C(C)NCCC(=O)O. The molecule has 4 nitrogen and oxygen atoms in total. The Morgan fingerprint density at radius 2 is 2.19 bits per heavy atom. The fourth-order valence-corrected chi connectivity index (χ4v) is 1.53. The molecule has 1 atom stereocenters. The van der Waals surface area contributed by atoms with Gasteiger partial charge in [-0.2, -0.15) is 0 Å². The van der Waals surface area contributed by atoms with Crippen molar-refractivity contribution in [1.82, 2.24) is 5.32 Å². The number of carboxylic acid groups (broad SMARTS) is 1. The summed E-state index contributed by atoms with van der Waals surface area (Å²) in [7, 11) is 1.63. The maximum atomic E-state index is 10.4. The Bertz CT molecular complexity index is 352. The van der Waals surface area contributed by atoms with Crippen molar-refractivity contribution >= 4 is 5.97 Å². The van der Waals surface area contributed by atoms with E-state index in [1.807, 2.05) is 31.2 Å². The first kappa shape index (κ1) is 12.5. The standard InChI is InChI=1S/C12H17NO3/c1-9(13-8-7-12(14)15)10-5-3-4-6-11(10)16-2/h3-6,9,13H,7-8H2,1-2H3,(H,14,15). The van der Waals surface area contributed by atoms with Crippen molar-refractivity contribution in [3.8, 4) is 5.75 Å². The Morgan fingerprint density at radius 3 is 2.81 bits per heavy atom. The van der Waals surface area contributed by atoms with E-state index in [-0.39, 0.29) is 12.5 Å². The number of hydrogen-bond acceptors (Lipinski definition) is 3. The summed E-state index contributed by atoms with van der Waals surface area (Å²) in [5.41, 5.74) is 1.04. The number of methoxy groups -OCH3 is 1. The van der Waals surface area contributed by atoms with Crippen molar-refractivity contribution in [3.63, 3.8) is 0 Å². The lowest BCUT2D eigenvalue weighted by atomic mass is 10.1. The Labute approximate surface area is 95.2 Å². The molecule has 0 amide bonds. The van der Waals surface area contributed by atoms with Gasteiger partial charge in [0, 0.05) is 18.2 Å². The van der Waals surface area contributed by atoms with Crippen LogP contribution in [0.3, 0.4) is 0 Å². The number of aliphatic carboxylic acids is 1. The number of carboxylic acids is 1. The molecule has 0 aliphatic rings. The van der Waals surface area contributed by atoms with Crippen LogP contribution in [-0.2, 0) is 4.79 Å². The van der Waals surface area contributed by atoms with Crippen molar-refractivity contribution in [3.05, 3.63) is 29.8 Å². The summed E-state index contributed by atoms with van der Waals surface area (Å²) < 4.78 is 5.24. The molecular weight excluding hydrogens is 206 g/mol. The van der Waals surface area contributed by atoms with Crippen LogP contribution in [0.15, 0.2) is 24.3 Å². The van der Waals surface area contributed by atoms with Gasteiger partial charge in [-0.05, 0) is 13.0 Å². The van der Waals surface area contributed by atoms with Gasteiger partial charge in [0.25, 0.3) is 0 Å². The third-order valence-corrected chi connectivity index (χ3v) is 2.39. The number of para-hydroxylation sites is 1. The van der Waals surface area contributed by atoms with Crippen molar-refractivity contribution in [2.75, 3.05) is 13.7 Å². The van der Waals surface area contributed by atoms with Crippen LogP contribution < -0.4 is 10.1 Å². The highest BCUT2D eigenvalue weighted by atomic mass is 16.5. The third kappa shape index (κ3) is 3.55. The third-order valence-electron chi connectivity index (χ3n) is 2.39. The minimum atomic E-state index is -0.792. The number of hydrogen-bond donors (Lipinski definition) is 2. The maximum absolute atomic E-state index is 10.4. The van der Waals surface area contributed by atoms with E-state index in [1.165, 1.54) is 0 Å². The van der Waals surface area contributed by atoms with Gasteiger partial charge < -0.3 is 15.2 Å². The Hall–Kier alpha value is -1.55. The average molecular weight is 223 g/mol. The maximum Gasteiger partial charge on any atom is 0.304 e. The average Bonchev–Trinajstić information content (AvgIpc) is 2.28. The first-order chi connectivity index (χ1) is 7.65. The zero-order chi connectivity index (χ0) is 12.0. The quantitative estimate of drug-likeness (QED) is 0.772. The zero-order valence-corrected chi connectivity index (χ0v) is 9.56. The highest BCUT2D eigenvalue weighted by molar-refractivity contribution is 5.66. The van der Waals surface area contributed by atoms with Gasteiger partial charge in [0.05, 0.1) is 13.5 Å². The van der Waals surface area contributed by atoms with Crippen LogP contribution >= 0.6 is 0 Å². The van der Waals surface area contributed by atoms with E-state index < -0.39 is 5.97 Å². The first-order valence-corrected chi connectivity index (χ1v) is 5.23. The van der Waals surface area contributed by atoms with Crippen LogP contribution in [-0.4, -0.2) is 24.7 Å². The molecule has 0 fully saturated rings. The van der Waals surface area contributed by atoms with E-state index in [4.69, 9.17) is 9.84 Å². The molecule has 1 aromatic carbocycles. The van der Waals surface area contributed by atoms with Gasteiger partial charge in [0.15, 0.2) is 0 Å². The van der Waals surface area contributed by atoms with Gasteiger partial charge in [-0.3, -0.25) is 4.79 Å². The Kier molecular flexibility index (Phi) is 4.79. The largest absolute Gasteiger partial charge is 0.496 e. The fourth-order valence-electron chi connectivity index (χ4n) is 1.53. The van der Waals surface area contributed by atoms with E-state index in [2.05, 4.69) is 5.32 Å². The van der Waals surface area contributed by atoms with Crippen LogP contribution in [0.25, 0.3) is 0 Å². The van der Waals surface area contributed by atoms with Gasteiger partial charge in [-0.15, -0.1) is 0 Å². The van der Waals surface area contributed by atoms with Crippen molar-refractivity contribution in [2.45, 2.75) is 19.4 Å². The molecule has 1 aromatic rings. The van der Waals surface area contributed by atoms with E-state index >= 15 is 0 Å². The molecule has 16 heavy (non-hydrogen) atoms. The highest BCUT2D eigenvalue weighted by Crippen LogP contribution is 2.23. The summed E-state index contributed by atoms with van der Waals surface area (Å²) in [5, 5.41) is 11.7.